The Morgan fingerprint density at radius 3 is 2.61 bits per heavy atom. The van der Waals surface area contributed by atoms with Crippen LogP contribution < -0.4 is 10.6 Å². The van der Waals surface area contributed by atoms with Gasteiger partial charge < -0.3 is 15.5 Å². The van der Waals surface area contributed by atoms with Gasteiger partial charge in [0, 0.05) is 17.5 Å². The van der Waals surface area contributed by atoms with E-state index in [-0.39, 0.29) is 30.2 Å². The molecule has 33 heavy (non-hydrogen) atoms. The van der Waals surface area contributed by atoms with Gasteiger partial charge in [-0.25, -0.2) is 9.18 Å². The van der Waals surface area contributed by atoms with E-state index in [9.17, 15) is 14.0 Å². The Balaban J connectivity index is 1.24. The summed E-state index contributed by atoms with van der Waals surface area (Å²) in [7, 11) is 0. The Hall–Kier alpha value is -3.68. The van der Waals surface area contributed by atoms with Crippen LogP contribution in [0.2, 0.25) is 0 Å². The van der Waals surface area contributed by atoms with Crippen LogP contribution in [0.5, 0.6) is 0 Å². The maximum Gasteiger partial charge on any atom is 0.318 e. The van der Waals surface area contributed by atoms with E-state index >= 15 is 0 Å². The van der Waals surface area contributed by atoms with Gasteiger partial charge in [0.1, 0.15) is 5.82 Å². The van der Waals surface area contributed by atoms with Gasteiger partial charge >= 0.3 is 6.03 Å². The predicted octanol–water partition coefficient (Wildman–Crippen LogP) is 4.05. The van der Waals surface area contributed by atoms with Gasteiger partial charge in [-0.2, -0.15) is 5.10 Å². The summed E-state index contributed by atoms with van der Waals surface area (Å²) in [5, 5.41) is 13.3. The monoisotopic (exact) mass is 447 g/mol. The molecule has 1 aliphatic carbocycles. The molecular weight excluding hydrogens is 421 g/mol. The molecule has 0 radical (unpaired) electrons. The third kappa shape index (κ3) is 4.08. The van der Waals surface area contributed by atoms with Crippen LogP contribution in [0.15, 0.2) is 54.6 Å². The fraction of sp³-hybridized carbons (Fsp3) is 0.320. The number of rotatable bonds is 5. The first-order valence-corrected chi connectivity index (χ1v) is 11.1. The molecule has 3 amide bonds. The maximum absolute atomic E-state index is 13.1. The molecule has 2 atom stereocenters. The quantitative estimate of drug-likeness (QED) is 0.551. The number of halogens is 1. The van der Waals surface area contributed by atoms with Crippen LogP contribution >= 0.6 is 0 Å². The van der Waals surface area contributed by atoms with Crippen molar-refractivity contribution in [2.24, 2.45) is 0 Å². The molecule has 1 saturated carbocycles. The van der Waals surface area contributed by atoms with Gasteiger partial charge in [0.15, 0.2) is 5.82 Å². The third-order valence-corrected chi connectivity index (χ3v) is 6.58. The summed E-state index contributed by atoms with van der Waals surface area (Å²) in [5.74, 6) is 0.183. The van der Waals surface area contributed by atoms with Gasteiger partial charge in [-0.3, -0.25) is 9.89 Å². The van der Waals surface area contributed by atoms with Crippen LogP contribution in [0.25, 0.3) is 0 Å². The molecule has 0 bridgehead atoms. The summed E-state index contributed by atoms with van der Waals surface area (Å²) in [6.07, 6.45) is 1.04. The Kier molecular flexibility index (Phi) is 5.15. The van der Waals surface area contributed by atoms with Gasteiger partial charge in [0.2, 0.25) is 5.91 Å². The van der Waals surface area contributed by atoms with Crippen LogP contribution in [0.4, 0.5) is 15.0 Å². The van der Waals surface area contributed by atoms with E-state index in [4.69, 9.17) is 0 Å². The van der Waals surface area contributed by atoms with E-state index in [1.165, 1.54) is 17.7 Å². The van der Waals surface area contributed by atoms with Crippen molar-refractivity contribution in [1.82, 2.24) is 20.4 Å². The van der Waals surface area contributed by atoms with Crippen molar-refractivity contribution in [3.8, 4) is 0 Å². The average Bonchev–Trinajstić information content (AvgIpc) is 3.35. The Morgan fingerprint density at radius 2 is 1.88 bits per heavy atom. The molecule has 2 unspecified atom stereocenters. The molecule has 2 heterocycles. The lowest BCUT2D eigenvalue weighted by atomic mass is 10.0. The van der Waals surface area contributed by atoms with E-state index < -0.39 is 5.54 Å². The van der Waals surface area contributed by atoms with Crippen molar-refractivity contribution in [3.63, 3.8) is 0 Å². The zero-order valence-electron chi connectivity index (χ0n) is 18.6. The summed E-state index contributed by atoms with van der Waals surface area (Å²) in [4.78, 5) is 27.4. The molecule has 1 fully saturated rings. The second kappa shape index (κ2) is 8.03. The molecule has 0 saturated heterocycles. The number of aromatic amines is 1. The van der Waals surface area contributed by atoms with Crippen molar-refractivity contribution in [3.05, 3.63) is 82.8 Å². The van der Waals surface area contributed by atoms with Crippen LogP contribution in [-0.4, -0.2) is 33.1 Å². The van der Waals surface area contributed by atoms with Crippen molar-refractivity contribution < 1.29 is 14.0 Å². The number of amides is 3. The predicted molar refractivity (Wildman–Crippen MR) is 122 cm³/mol. The first kappa shape index (κ1) is 21.2. The second-order valence-electron chi connectivity index (χ2n) is 9.23. The van der Waals surface area contributed by atoms with Crippen LogP contribution in [0.1, 0.15) is 48.6 Å². The number of carbonyl (C=O) groups excluding carboxylic acids is 2. The fourth-order valence-corrected chi connectivity index (χ4v) is 4.57. The van der Waals surface area contributed by atoms with E-state index in [0.717, 1.165) is 17.7 Å². The lowest BCUT2D eigenvalue weighted by Crippen LogP contribution is -2.47. The van der Waals surface area contributed by atoms with Gasteiger partial charge in [-0.1, -0.05) is 42.5 Å². The van der Waals surface area contributed by atoms with Crippen molar-refractivity contribution in [2.45, 2.75) is 50.7 Å². The minimum Gasteiger partial charge on any atom is -0.335 e. The molecule has 8 heteroatoms. The third-order valence-electron chi connectivity index (χ3n) is 6.58. The number of fused-ring (bicyclic) bond motifs is 1. The maximum atomic E-state index is 13.1. The summed E-state index contributed by atoms with van der Waals surface area (Å²) in [6, 6.07) is 16.0. The highest BCUT2D eigenvalue weighted by Gasteiger charge is 2.46. The number of anilines is 1. The summed E-state index contributed by atoms with van der Waals surface area (Å²) < 4.78 is 13.1. The lowest BCUT2D eigenvalue weighted by molar-refractivity contribution is -0.115. The number of hydrogen-bond donors (Lipinski definition) is 3. The Bertz CT molecular complexity index is 1190. The van der Waals surface area contributed by atoms with E-state index in [1.54, 1.807) is 17.0 Å². The Morgan fingerprint density at radius 1 is 1.15 bits per heavy atom. The fourth-order valence-electron chi connectivity index (χ4n) is 4.57. The molecule has 1 aliphatic heterocycles. The number of nitrogens with zero attached hydrogens (tertiary/aromatic N) is 2. The van der Waals surface area contributed by atoms with Gasteiger partial charge in [0.25, 0.3) is 0 Å². The molecule has 170 valence electrons. The van der Waals surface area contributed by atoms with E-state index in [1.807, 2.05) is 32.0 Å². The normalized spacial score (nSPS) is 20.3. The van der Waals surface area contributed by atoms with Gasteiger partial charge in [-0.05, 0) is 43.5 Å². The number of hydrogen-bond acceptors (Lipinski definition) is 3. The highest BCUT2D eigenvalue weighted by Crippen LogP contribution is 2.43. The highest BCUT2D eigenvalue weighted by molar-refractivity contribution is 5.92. The number of nitrogens with one attached hydrogen (secondary N) is 3. The smallest absolute Gasteiger partial charge is 0.318 e. The van der Waals surface area contributed by atoms with Crippen LogP contribution in [-0.2, 0) is 23.3 Å². The molecule has 3 aromatic rings. The van der Waals surface area contributed by atoms with Crippen molar-refractivity contribution >= 4 is 17.8 Å². The average molecular weight is 448 g/mol. The zero-order chi connectivity index (χ0) is 23.2. The number of urea groups is 1. The standard InChI is InChI=1S/C25H26FN5O2/c1-25(2)22-19(23(30-29-22)28-21(32)12-15-8-10-17(26)11-9-15)14-31(25)24(33)27-20-13-18(20)16-6-4-3-5-7-16/h3-11,18,20H,12-14H2,1-2H3,(H,27,33)(H2,28,29,30,32). The number of carbonyl (C=O) groups is 2. The summed E-state index contributed by atoms with van der Waals surface area (Å²) >= 11 is 0. The second-order valence-corrected chi connectivity index (χ2v) is 9.23. The first-order valence-electron chi connectivity index (χ1n) is 11.1. The van der Waals surface area contributed by atoms with Crippen molar-refractivity contribution in [2.75, 3.05) is 5.32 Å². The summed E-state index contributed by atoms with van der Waals surface area (Å²) in [6.45, 7) is 4.27. The minimum atomic E-state index is -0.594. The zero-order valence-corrected chi connectivity index (χ0v) is 18.6. The molecule has 2 aliphatic rings. The Labute approximate surface area is 191 Å². The van der Waals surface area contributed by atoms with Crippen LogP contribution in [0.3, 0.4) is 0 Å². The van der Waals surface area contributed by atoms with Gasteiger partial charge in [0.05, 0.1) is 24.2 Å². The topological polar surface area (TPSA) is 90.1 Å². The largest absolute Gasteiger partial charge is 0.335 e. The summed E-state index contributed by atoms with van der Waals surface area (Å²) in [5.41, 5.74) is 2.97. The highest BCUT2D eigenvalue weighted by atomic mass is 19.1. The van der Waals surface area contributed by atoms with Crippen molar-refractivity contribution in [1.29, 1.82) is 0 Å². The molecule has 0 spiro atoms. The number of aromatic nitrogens is 2. The van der Waals surface area contributed by atoms with Gasteiger partial charge in [-0.15, -0.1) is 0 Å². The molecule has 3 N–H and O–H groups in total. The molecule has 5 rings (SSSR count). The molecule has 1 aromatic heterocycles. The number of benzene rings is 2. The molecule has 7 nitrogen and oxygen atoms in total. The molecule has 2 aromatic carbocycles. The lowest BCUT2D eigenvalue weighted by Gasteiger charge is -2.32. The number of H-pyrrole nitrogens is 1. The first-order chi connectivity index (χ1) is 15.8. The SMILES string of the molecule is CC1(C)c2[nH]nc(NC(=O)Cc3ccc(F)cc3)c2CN1C(=O)NC1CC1c1ccccc1. The minimum absolute atomic E-state index is 0.109. The van der Waals surface area contributed by atoms with Crippen LogP contribution in [0, 0.1) is 5.82 Å². The van der Waals surface area contributed by atoms with E-state index in [2.05, 4.69) is 33.0 Å². The molecular formula is C25H26FN5O2. The van der Waals surface area contributed by atoms with E-state index in [0.29, 0.717) is 23.8 Å².